The third-order valence-electron chi connectivity index (χ3n) is 2.99. The topological polar surface area (TPSA) is 102 Å². The van der Waals surface area contributed by atoms with Crippen molar-refractivity contribution in [1.82, 2.24) is 15.1 Å². The first-order valence-corrected chi connectivity index (χ1v) is 6.59. The standard InChI is InChI=1S/C13H20N6O/c1-5-15-10-6-11(18-13(14)17-10)16-7(2)12-8(3)19-20-9(12)4/h6-7H,5H2,1-4H3,(H4,14,15,16,17,18). The van der Waals surface area contributed by atoms with Crippen LogP contribution in [0, 0.1) is 13.8 Å². The highest BCUT2D eigenvalue weighted by atomic mass is 16.5. The van der Waals surface area contributed by atoms with Crippen LogP contribution in [0.1, 0.15) is 36.9 Å². The van der Waals surface area contributed by atoms with Crippen LogP contribution in [0.2, 0.25) is 0 Å². The van der Waals surface area contributed by atoms with E-state index < -0.39 is 0 Å². The molecule has 20 heavy (non-hydrogen) atoms. The van der Waals surface area contributed by atoms with Crippen molar-refractivity contribution < 1.29 is 4.52 Å². The number of hydrogen-bond donors (Lipinski definition) is 3. The summed E-state index contributed by atoms with van der Waals surface area (Å²) < 4.78 is 5.18. The van der Waals surface area contributed by atoms with Crippen LogP contribution < -0.4 is 16.4 Å². The van der Waals surface area contributed by atoms with Gasteiger partial charge in [0.15, 0.2) is 0 Å². The molecule has 0 aliphatic carbocycles. The molecule has 0 saturated heterocycles. The van der Waals surface area contributed by atoms with E-state index in [0.29, 0.717) is 11.6 Å². The van der Waals surface area contributed by atoms with Crippen LogP contribution >= 0.6 is 0 Å². The first kappa shape index (κ1) is 14.1. The van der Waals surface area contributed by atoms with Gasteiger partial charge >= 0.3 is 0 Å². The number of hydrogen-bond acceptors (Lipinski definition) is 7. The molecule has 2 aromatic heterocycles. The number of nitrogens with zero attached hydrogens (tertiary/aromatic N) is 3. The van der Waals surface area contributed by atoms with Gasteiger partial charge in [-0.3, -0.25) is 0 Å². The highest BCUT2D eigenvalue weighted by Crippen LogP contribution is 2.25. The van der Waals surface area contributed by atoms with E-state index in [1.165, 1.54) is 0 Å². The molecule has 0 aromatic carbocycles. The van der Waals surface area contributed by atoms with E-state index in [2.05, 4.69) is 25.8 Å². The summed E-state index contributed by atoms with van der Waals surface area (Å²) in [7, 11) is 0. The second-order valence-electron chi connectivity index (χ2n) is 4.63. The molecular formula is C13H20N6O. The lowest BCUT2D eigenvalue weighted by molar-refractivity contribution is 0.392. The van der Waals surface area contributed by atoms with E-state index in [4.69, 9.17) is 10.3 Å². The summed E-state index contributed by atoms with van der Waals surface area (Å²) in [6.45, 7) is 8.61. The van der Waals surface area contributed by atoms with Gasteiger partial charge < -0.3 is 20.9 Å². The van der Waals surface area contributed by atoms with Crippen LogP contribution in [0.25, 0.3) is 0 Å². The lowest BCUT2D eigenvalue weighted by Crippen LogP contribution is -2.12. The molecular weight excluding hydrogens is 256 g/mol. The zero-order chi connectivity index (χ0) is 14.7. The zero-order valence-corrected chi connectivity index (χ0v) is 12.2. The molecule has 0 amide bonds. The van der Waals surface area contributed by atoms with Gasteiger partial charge in [0.1, 0.15) is 17.4 Å². The van der Waals surface area contributed by atoms with Crippen LogP contribution in [0.15, 0.2) is 10.6 Å². The first-order valence-electron chi connectivity index (χ1n) is 6.59. The van der Waals surface area contributed by atoms with E-state index in [1.807, 2.05) is 33.8 Å². The Labute approximate surface area is 118 Å². The Kier molecular flexibility index (Phi) is 4.07. The van der Waals surface area contributed by atoms with Gasteiger partial charge in [-0.25, -0.2) is 0 Å². The first-order chi connectivity index (χ1) is 9.51. The van der Waals surface area contributed by atoms with Crippen molar-refractivity contribution in [2.24, 2.45) is 0 Å². The molecule has 7 nitrogen and oxygen atoms in total. The van der Waals surface area contributed by atoms with Crippen molar-refractivity contribution in [1.29, 1.82) is 0 Å². The summed E-state index contributed by atoms with van der Waals surface area (Å²) >= 11 is 0. The van der Waals surface area contributed by atoms with Gasteiger partial charge in [0.2, 0.25) is 5.95 Å². The van der Waals surface area contributed by atoms with Gasteiger partial charge in [-0.05, 0) is 27.7 Å². The molecule has 0 aliphatic rings. The lowest BCUT2D eigenvalue weighted by Gasteiger charge is -2.15. The van der Waals surface area contributed by atoms with Crippen molar-refractivity contribution in [3.8, 4) is 0 Å². The fourth-order valence-corrected chi connectivity index (χ4v) is 2.21. The number of aromatic nitrogens is 3. The fraction of sp³-hybridized carbons (Fsp3) is 0.462. The molecule has 0 saturated carbocycles. The number of rotatable bonds is 5. The third kappa shape index (κ3) is 2.98. The molecule has 0 radical (unpaired) electrons. The predicted octanol–water partition coefficient (Wildman–Crippen LogP) is 2.27. The summed E-state index contributed by atoms with van der Waals surface area (Å²) in [6, 6.07) is 1.85. The Balaban J connectivity index is 2.21. The minimum absolute atomic E-state index is 0.0185. The van der Waals surface area contributed by atoms with Crippen molar-refractivity contribution in [3.63, 3.8) is 0 Å². The largest absolute Gasteiger partial charge is 0.370 e. The second-order valence-corrected chi connectivity index (χ2v) is 4.63. The van der Waals surface area contributed by atoms with E-state index in [-0.39, 0.29) is 12.0 Å². The molecule has 2 rings (SSSR count). The van der Waals surface area contributed by atoms with Crippen LogP contribution in [-0.2, 0) is 0 Å². The molecule has 1 unspecified atom stereocenters. The minimum Gasteiger partial charge on any atom is -0.370 e. The summed E-state index contributed by atoms with van der Waals surface area (Å²) in [5.74, 6) is 2.41. The van der Waals surface area contributed by atoms with Gasteiger partial charge in [-0.15, -0.1) is 0 Å². The lowest BCUT2D eigenvalue weighted by atomic mass is 10.1. The molecule has 4 N–H and O–H groups in total. The maximum atomic E-state index is 5.71. The zero-order valence-electron chi connectivity index (χ0n) is 12.2. The van der Waals surface area contributed by atoms with E-state index in [1.54, 1.807) is 0 Å². The highest BCUT2D eigenvalue weighted by Gasteiger charge is 2.17. The molecule has 0 aliphatic heterocycles. The van der Waals surface area contributed by atoms with Crippen LogP contribution in [0.5, 0.6) is 0 Å². The Hall–Kier alpha value is -2.31. The van der Waals surface area contributed by atoms with Crippen LogP contribution in [0.3, 0.4) is 0 Å². The molecule has 0 fully saturated rings. The summed E-state index contributed by atoms with van der Waals surface area (Å²) in [6.07, 6.45) is 0. The molecule has 2 aromatic rings. The van der Waals surface area contributed by atoms with Gasteiger partial charge in [-0.2, -0.15) is 9.97 Å². The van der Waals surface area contributed by atoms with Crippen LogP contribution in [0.4, 0.5) is 17.6 Å². The summed E-state index contributed by atoms with van der Waals surface area (Å²) in [5, 5.41) is 10.4. The average molecular weight is 276 g/mol. The van der Waals surface area contributed by atoms with Crippen molar-refractivity contribution in [3.05, 3.63) is 23.1 Å². The molecule has 1 atom stereocenters. The molecule has 2 heterocycles. The smallest absolute Gasteiger partial charge is 0.223 e. The Morgan fingerprint density at radius 2 is 2.00 bits per heavy atom. The van der Waals surface area contributed by atoms with E-state index in [9.17, 15) is 0 Å². The summed E-state index contributed by atoms with van der Waals surface area (Å²) in [4.78, 5) is 8.30. The minimum atomic E-state index is 0.0185. The maximum Gasteiger partial charge on any atom is 0.223 e. The number of anilines is 3. The van der Waals surface area contributed by atoms with Crippen molar-refractivity contribution in [2.75, 3.05) is 22.9 Å². The Morgan fingerprint density at radius 3 is 2.60 bits per heavy atom. The van der Waals surface area contributed by atoms with Gasteiger partial charge in [-0.1, -0.05) is 5.16 Å². The van der Waals surface area contributed by atoms with E-state index >= 15 is 0 Å². The predicted molar refractivity (Wildman–Crippen MR) is 78.6 cm³/mol. The van der Waals surface area contributed by atoms with Gasteiger partial charge in [0, 0.05) is 18.2 Å². The van der Waals surface area contributed by atoms with Crippen LogP contribution in [-0.4, -0.2) is 21.7 Å². The fourth-order valence-electron chi connectivity index (χ4n) is 2.21. The molecule has 7 heteroatoms. The number of aryl methyl sites for hydroxylation is 2. The second kappa shape index (κ2) is 5.77. The Morgan fingerprint density at radius 1 is 1.30 bits per heavy atom. The SMILES string of the molecule is CCNc1cc(NC(C)c2c(C)noc2C)nc(N)n1. The molecule has 0 bridgehead atoms. The number of nitrogens with one attached hydrogen (secondary N) is 2. The maximum absolute atomic E-state index is 5.71. The van der Waals surface area contributed by atoms with Gasteiger partial charge in [0.25, 0.3) is 0 Å². The van der Waals surface area contributed by atoms with Crippen molar-refractivity contribution >= 4 is 17.6 Å². The Bertz CT molecular complexity index is 575. The third-order valence-corrected chi connectivity index (χ3v) is 2.99. The average Bonchev–Trinajstić information content (AvgIpc) is 2.68. The quantitative estimate of drug-likeness (QED) is 0.769. The van der Waals surface area contributed by atoms with E-state index in [0.717, 1.165) is 23.6 Å². The summed E-state index contributed by atoms with van der Waals surface area (Å²) in [5.41, 5.74) is 7.62. The molecule has 0 spiro atoms. The normalized spacial score (nSPS) is 12.2. The number of nitrogen functional groups attached to an aromatic ring is 1. The molecule has 108 valence electrons. The van der Waals surface area contributed by atoms with Crippen molar-refractivity contribution in [2.45, 2.75) is 33.7 Å². The highest BCUT2D eigenvalue weighted by molar-refractivity contribution is 5.52. The monoisotopic (exact) mass is 276 g/mol. The van der Waals surface area contributed by atoms with Gasteiger partial charge in [0.05, 0.1) is 11.7 Å². The number of nitrogens with two attached hydrogens (primary N) is 1.